The van der Waals surface area contributed by atoms with Crippen LogP contribution in [0.15, 0.2) is 67.3 Å². The number of carbonyl (C=O) groups is 2. The molecule has 0 atom stereocenters. The van der Waals surface area contributed by atoms with E-state index in [2.05, 4.69) is 32.6 Å². The van der Waals surface area contributed by atoms with Crippen LogP contribution in [0.25, 0.3) is 0 Å². The molecule has 37 heavy (non-hydrogen) atoms. The highest BCUT2D eigenvalue weighted by Crippen LogP contribution is 2.14. The highest BCUT2D eigenvalue weighted by Gasteiger charge is 2.18. The average Bonchev–Trinajstić information content (AvgIpc) is 2.93. The first kappa shape index (κ1) is 32.1. The maximum atomic E-state index is 12.4. The molecule has 0 heterocycles. The third-order valence-corrected chi connectivity index (χ3v) is 6.05. The van der Waals surface area contributed by atoms with Gasteiger partial charge in [0.05, 0.1) is 24.3 Å². The number of hydrogen-bond donors (Lipinski definition) is 0. The van der Waals surface area contributed by atoms with Crippen LogP contribution in [-0.4, -0.2) is 25.2 Å². The van der Waals surface area contributed by atoms with Crippen LogP contribution in [0.1, 0.15) is 117 Å². The maximum absolute atomic E-state index is 12.4. The molecule has 0 aliphatic rings. The van der Waals surface area contributed by atoms with Gasteiger partial charge in [0.1, 0.15) is 0 Å². The summed E-state index contributed by atoms with van der Waals surface area (Å²) in [6.45, 7) is 8.83. The Morgan fingerprint density at radius 1 is 0.622 bits per heavy atom. The Bertz CT molecular complexity index is 811. The second-order valence-corrected chi connectivity index (χ2v) is 9.33. The first-order valence-corrected chi connectivity index (χ1v) is 14.2. The number of unbranched alkanes of at least 4 members (excludes halogenated alkanes) is 10. The van der Waals surface area contributed by atoms with Crippen molar-refractivity contribution in [1.82, 2.24) is 0 Å². The number of ether oxygens (including phenoxy) is 2. The van der Waals surface area contributed by atoms with Gasteiger partial charge in [-0.25, -0.2) is 9.59 Å². The topological polar surface area (TPSA) is 52.6 Å². The monoisotopic (exact) mass is 508 g/mol. The van der Waals surface area contributed by atoms with Crippen LogP contribution in [0.4, 0.5) is 0 Å². The SMILES string of the molecule is C=CCc1ccccc1.CCCCCCCCOC(=O)c1ccccc1C(=O)OCCCCCCCC. The molecule has 0 unspecified atom stereocenters. The largest absolute Gasteiger partial charge is 0.462 e. The molecule has 0 bridgehead atoms. The summed E-state index contributed by atoms with van der Waals surface area (Å²) in [4.78, 5) is 24.7. The molecule has 0 amide bonds. The minimum Gasteiger partial charge on any atom is -0.462 e. The molecule has 4 heteroatoms. The van der Waals surface area contributed by atoms with Crippen LogP contribution in [-0.2, 0) is 15.9 Å². The highest BCUT2D eigenvalue weighted by molar-refractivity contribution is 6.03. The molecule has 0 aromatic heterocycles. The molecule has 4 nitrogen and oxygen atoms in total. The quantitative estimate of drug-likeness (QED) is 0.114. The normalized spacial score (nSPS) is 10.2. The Hall–Kier alpha value is -2.88. The highest BCUT2D eigenvalue weighted by atomic mass is 16.5. The van der Waals surface area contributed by atoms with E-state index in [4.69, 9.17) is 9.47 Å². The van der Waals surface area contributed by atoms with Crippen LogP contribution >= 0.6 is 0 Å². The Morgan fingerprint density at radius 2 is 1.03 bits per heavy atom. The fourth-order valence-electron chi connectivity index (χ4n) is 3.87. The maximum Gasteiger partial charge on any atom is 0.339 e. The minimum atomic E-state index is -0.444. The van der Waals surface area contributed by atoms with E-state index in [1.54, 1.807) is 24.3 Å². The number of hydrogen-bond acceptors (Lipinski definition) is 4. The second kappa shape index (κ2) is 22.3. The fourth-order valence-corrected chi connectivity index (χ4v) is 3.87. The Morgan fingerprint density at radius 3 is 1.46 bits per heavy atom. The van der Waals surface area contributed by atoms with Crippen LogP contribution in [0.5, 0.6) is 0 Å². The lowest BCUT2D eigenvalue weighted by atomic mass is 10.1. The molecule has 0 fully saturated rings. The van der Waals surface area contributed by atoms with Gasteiger partial charge in [-0.05, 0) is 37.0 Å². The lowest BCUT2D eigenvalue weighted by molar-refractivity contribution is 0.0450. The number of benzene rings is 2. The second-order valence-electron chi connectivity index (χ2n) is 9.33. The predicted molar refractivity (Wildman–Crippen MR) is 154 cm³/mol. The van der Waals surface area contributed by atoms with E-state index in [0.717, 1.165) is 32.1 Å². The summed E-state index contributed by atoms with van der Waals surface area (Å²) in [7, 11) is 0. The average molecular weight is 509 g/mol. The van der Waals surface area contributed by atoms with E-state index in [0.29, 0.717) is 24.3 Å². The molecule has 0 N–H and O–H groups in total. The fraction of sp³-hybridized carbons (Fsp3) is 0.515. The first-order chi connectivity index (χ1) is 18.1. The van der Waals surface area contributed by atoms with Gasteiger partial charge in [0.25, 0.3) is 0 Å². The summed E-state index contributed by atoms with van der Waals surface area (Å²) >= 11 is 0. The smallest absolute Gasteiger partial charge is 0.339 e. The Labute approximate surface area is 225 Å². The van der Waals surface area contributed by atoms with Crippen molar-refractivity contribution >= 4 is 11.9 Å². The molecule has 0 saturated heterocycles. The van der Waals surface area contributed by atoms with Crippen LogP contribution in [0.2, 0.25) is 0 Å². The van der Waals surface area contributed by atoms with E-state index >= 15 is 0 Å². The minimum absolute atomic E-state index is 0.293. The third-order valence-electron chi connectivity index (χ3n) is 6.05. The van der Waals surface area contributed by atoms with Crippen molar-refractivity contribution in [2.24, 2.45) is 0 Å². The molecule has 2 aromatic carbocycles. The molecule has 2 rings (SSSR count). The summed E-state index contributed by atoms with van der Waals surface area (Å²) in [5.41, 5.74) is 1.91. The van der Waals surface area contributed by atoms with E-state index in [1.165, 1.54) is 56.9 Å². The van der Waals surface area contributed by atoms with Crippen LogP contribution < -0.4 is 0 Å². The Kier molecular flexibility index (Phi) is 19.4. The summed E-state index contributed by atoms with van der Waals surface area (Å²) < 4.78 is 10.7. The number of allylic oxidation sites excluding steroid dienone is 1. The van der Waals surface area contributed by atoms with Crippen LogP contribution in [0.3, 0.4) is 0 Å². The number of carbonyl (C=O) groups excluding carboxylic acids is 2. The molecule has 2 aromatic rings. The zero-order valence-corrected chi connectivity index (χ0v) is 23.2. The van der Waals surface area contributed by atoms with Gasteiger partial charge in [0, 0.05) is 0 Å². The molecule has 0 aliphatic heterocycles. The lowest BCUT2D eigenvalue weighted by Crippen LogP contribution is -2.15. The molecule has 204 valence electrons. The standard InChI is InChI=1S/C24H38O4.C9H10/c1-3-5-7-9-11-15-19-27-23(25)21-17-13-14-18-22(21)24(26)28-20-16-12-10-8-6-4-2;1-2-6-9-7-4-3-5-8-9/h13-14,17-18H,3-12,15-16,19-20H2,1-2H3;2-5,7-8H,1,6H2. The van der Waals surface area contributed by atoms with Gasteiger partial charge in [0.2, 0.25) is 0 Å². The molecule has 0 aliphatic carbocycles. The summed E-state index contributed by atoms with van der Waals surface area (Å²) in [6, 6.07) is 17.0. The van der Waals surface area contributed by atoms with Crippen molar-refractivity contribution in [2.45, 2.75) is 97.3 Å². The summed E-state index contributed by atoms with van der Waals surface area (Å²) in [5.74, 6) is -0.888. The van der Waals surface area contributed by atoms with E-state index < -0.39 is 11.9 Å². The summed E-state index contributed by atoms with van der Waals surface area (Å²) in [6.07, 6.45) is 16.5. The van der Waals surface area contributed by atoms with Crippen LogP contribution in [0, 0.1) is 0 Å². The van der Waals surface area contributed by atoms with Gasteiger partial charge in [0.15, 0.2) is 0 Å². The van der Waals surface area contributed by atoms with Crippen molar-refractivity contribution in [3.63, 3.8) is 0 Å². The van der Waals surface area contributed by atoms with Crippen molar-refractivity contribution in [1.29, 1.82) is 0 Å². The van der Waals surface area contributed by atoms with Gasteiger partial charge in [-0.3, -0.25) is 0 Å². The van der Waals surface area contributed by atoms with Crippen molar-refractivity contribution in [2.75, 3.05) is 13.2 Å². The van der Waals surface area contributed by atoms with Crippen molar-refractivity contribution < 1.29 is 19.1 Å². The third kappa shape index (κ3) is 15.8. The zero-order valence-electron chi connectivity index (χ0n) is 23.2. The van der Waals surface area contributed by atoms with Gasteiger partial charge in [-0.1, -0.05) is 127 Å². The zero-order chi connectivity index (χ0) is 27.0. The Balaban J connectivity index is 0.000000635. The summed E-state index contributed by atoms with van der Waals surface area (Å²) in [5, 5.41) is 0. The predicted octanol–water partition coefficient (Wildman–Crippen LogP) is 9.14. The van der Waals surface area contributed by atoms with Gasteiger partial charge >= 0.3 is 11.9 Å². The molecule has 0 radical (unpaired) electrons. The lowest BCUT2D eigenvalue weighted by Gasteiger charge is -2.10. The molecule has 0 saturated carbocycles. The first-order valence-electron chi connectivity index (χ1n) is 14.2. The van der Waals surface area contributed by atoms with E-state index in [1.807, 2.05) is 24.3 Å². The molecule has 0 spiro atoms. The number of rotatable bonds is 18. The molecular formula is C33H48O4. The van der Waals surface area contributed by atoms with Crippen molar-refractivity contribution in [3.8, 4) is 0 Å². The molecular weight excluding hydrogens is 460 g/mol. The van der Waals surface area contributed by atoms with Gasteiger partial charge < -0.3 is 9.47 Å². The number of esters is 2. The van der Waals surface area contributed by atoms with Gasteiger partial charge in [-0.2, -0.15) is 0 Å². The van der Waals surface area contributed by atoms with E-state index in [9.17, 15) is 9.59 Å². The van der Waals surface area contributed by atoms with E-state index in [-0.39, 0.29) is 0 Å². The van der Waals surface area contributed by atoms with Gasteiger partial charge in [-0.15, -0.1) is 6.58 Å². The van der Waals surface area contributed by atoms with Crippen molar-refractivity contribution in [3.05, 3.63) is 83.9 Å².